The van der Waals surface area contributed by atoms with E-state index in [1.54, 1.807) is 16.7 Å². The van der Waals surface area contributed by atoms with Gasteiger partial charge in [0.2, 0.25) is 11.8 Å². The molecule has 0 radical (unpaired) electrons. The predicted octanol–water partition coefficient (Wildman–Crippen LogP) is 5.57. The fourth-order valence-corrected chi connectivity index (χ4v) is 3.50. The van der Waals surface area contributed by atoms with Crippen molar-refractivity contribution in [2.24, 2.45) is 5.92 Å². The van der Waals surface area contributed by atoms with Gasteiger partial charge < -0.3 is 15.0 Å². The van der Waals surface area contributed by atoms with E-state index in [9.17, 15) is 9.59 Å². The van der Waals surface area contributed by atoms with Gasteiger partial charge in [-0.15, -0.1) is 0 Å². The maximum atomic E-state index is 13.1. The van der Waals surface area contributed by atoms with Gasteiger partial charge in [0.05, 0.1) is 25.0 Å². The summed E-state index contributed by atoms with van der Waals surface area (Å²) >= 11 is 0. The first-order valence-electron chi connectivity index (χ1n) is 12.4. The van der Waals surface area contributed by atoms with Crippen LogP contribution in [-0.4, -0.2) is 46.7 Å². The second-order valence-electron chi connectivity index (χ2n) is 10.3. The van der Waals surface area contributed by atoms with Gasteiger partial charge in [0, 0.05) is 24.4 Å². The van der Waals surface area contributed by atoms with Crippen LogP contribution in [0.25, 0.3) is 5.69 Å². The van der Waals surface area contributed by atoms with Crippen molar-refractivity contribution < 1.29 is 14.3 Å². The Morgan fingerprint density at radius 3 is 2.38 bits per heavy atom. The first kappa shape index (κ1) is 27.4. The minimum Gasteiger partial charge on any atom is -0.497 e. The van der Waals surface area contributed by atoms with Crippen molar-refractivity contribution in [1.29, 1.82) is 0 Å². The number of unbranched alkanes of at least 4 members (excludes halogenated alkanes) is 2. The zero-order chi connectivity index (χ0) is 25.3. The molecule has 0 atom stereocenters. The lowest BCUT2D eigenvalue weighted by Gasteiger charge is -2.23. The Balaban J connectivity index is 2.23. The summed E-state index contributed by atoms with van der Waals surface area (Å²) in [5.41, 5.74) is 1.50. The zero-order valence-electron chi connectivity index (χ0n) is 22.0. The van der Waals surface area contributed by atoms with Crippen molar-refractivity contribution in [2.75, 3.05) is 25.5 Å². The molecule has 0 saturated carbocycles. The van der Waals surface area contributed by atoms with Gasteiger partial charge in [0.25, 0.3) is 0 Å². The SMILES string of the molecule is CCCCCC(=O)N(CCC(C)C)CC(=O)Nc1cc(C(C)(C)C)nn1-c1ccc(OC)cc1. The minimum absolute atomic E-state index is 0.0380. The van der Waals surface area contributed by atoms with Crippen LogP contribution in [0.15, 0.2) is 30.3 Å². The number of ether oxygens (including phenoxy) is 1. The lowest BCUT2D eigenvalue weighted by atomic mass is 9.92. The Kier molecular flexibility index (Phi) is 10.1. The molecule has 2 aromatic rings. The quantitative estimate of drug-likeness (QED) is 0.411. The molecular weight excluding hydrogens is 428 g/mol. The Morgan fingerprint density at radius 2 is 1.82 bits per heavy atom. The van der Waals surface area contributed by atoms with Crippen LogP contribution >= 0.6 is 0 Å². The van der Waals surface area contributed by atoms with Gasteiger partial charge >= 0.3 is 0 Å². The Hall–Kier alpha value is -2.83. The Morgan fingerprint density at radius 1 is 1.15 bits per heavy atom. The fraction of sp³-hybridized carbons (Fsp3) is 0.593. The largest absolute Gasteiger partial charge is 0.497 e. The number of amides is 2. The summed E-state index contributed by atoms with van der Waals surface area (Å²) in [6.07, 6.45) is 4.29. The normalized spacial score (nSPS) is 11.5. The topological polar surface area (TPSA) is 76.5 Å². The van der Waals surface area contributed by atoms with Crippen molar-refractivity contribution in [3.8, 4) is 11.4 Å². The van der Waals surface area contributed by atoms with Gasteiger partial charge in [0.1, 0.15) is 11.6 Å². The van der Waals surface area contributed by atoms with Crippen molar-refractivity contribution in [3.05, 3.63) is 36.0 Å². The zero-order valence-corrected chi connectivity index (χ0v) is 22.0. The van der Waals surface area contributed by atoms with Gasteiger partial charge in [-0.25, -0.2) is 4.68 Å². The van der Waals surface area contributed by atoms with Gasteiger partial charge in [-0.05, 0) is 43.0 Å². The maximum Gasteiger partial charge on any atom is 0.245 e. The summed E-state index contributed by atoms with van der Waals surface area (Å²) < 4.78 is 7.00. The van der Waals surface area contributed by atoms with Crippen LogP contribution in [-0.2, 0) is 15.0 Å². The number of methoxy groups -OCH3 is 1. The number of hydrogen-bond donors (Lipinski definition) is 1. The van der Waals surface area contributed by atoms with Crippen molar-refractivity contribution >= 4 is 17.6 Å². The number of hydrogen-bond acceptors (Lipinski definition) is 4. The lowest BCUT2D eigenvalue weighted by Crippen LogP contribution is -2.39. The Bertz CT molecular complexity index is 926. The van der Waals surface area contributed by atoms with Crippen LogP contribution in [0.2, 0.25) is 0 Å². The molecule has 0 saturated heterocycles. The standard InChI is InChI=1S/C27H42N4O3/c1-8-9-10-11-26(33)30(17-16-20(2)3)19-25(32)28-24-18-23(27(4,5)6)29-31(24)21-12-14-22(34-7)15-13-21/h12-15,18,20H,8-11,16-17,19H2,1-7H3,(H,28,32). The maximum absolute atomic E-state index is 13.1. The molecule has 1 heterocycles. The number of aromatic nitrogens is 2. The molecule has 0 fully saturated rings. The van der Waals surface area contributed by atoms with Crippen molar-refractivity contribution in [1.82, 2.24) is 14.7 Å². The Labute approximate surface area is 204 Å². The lowest BCUT2D eigenvalue weighted by molar-refractivity contribution is -0.135. The van der Waals surface area contributed by atoms with E-state index in [2.05, 4.69) is 46.9 Å². The molecule has 7 heteroatoms. The molecule has 2 rings (SSSR count). The minimum atomic E-state index is -0.220. The molecule has 7 nitrogen and oxygen atoms in total. The van der Waals surface area contributed by atoms with Crippen molar-refractivity contribution in [2.45, 2.75) is 79.1 Å². The number of carbonyl (C=O) groups excluding carboxylic acids is 2. The van der Waals surface area contributed by atoms with E-state index in [4.69, 9.17) is 9.84 Å². The molecule has 34 heavy (non-hydrogen) atoms. The second-order valence-corrected chi connectivity index (χ2v) is 10.3. The molecule has 1 N–H and O–H groups in total. The number of nitrogens with zero attached hydrogens (tertiary/aromatic N) is 3. The summed E-state index contributed by atoms with van der Waals surface area (Å²) in [5.74, 6) is 1.62. The summed E-state index contributed by atoms with van der Waals surface area (Å²) in [6.45, 7) is 13.2. The highest BCUT2D eigenvalue weighted by atomic mass is 16.5. The first-order valence-corrected chi connectivity index (χ1v) is 12.4. The van der Waals surface area contributed by atoms with Crippen LogP contribution < -0.4 is 10.1 Å². The average molecular weight is 471 g/mol. The molecule has 0 unspecified atom stereocenters. The molecular formula is C27H42N4O3. The van der Waals surface area contributed by atoms with Gasteiger partial charge in [-0.1, -0.05) is 54.4 Å². The number of rotatable bonds is 12. The molecule has 2 amide bonds. The van der Waals surface area contributed by atoms with E-state index < -0.39 is 0 Å². The highest BCUT2D eigenvalue weighted by Crippen LogP contribution is 2.27. The van der Waals surface area contributed by atoms with E-state index >= 15 is 0 Å². The molecule has 0 bridgehead atoms. The molecule has 188 valence electrons. The summed E-state index contributed by atoms with van der Waals surface area (Å²) in [4.78, 5) is 27.6. The summed E-state index contributed by atoms with van der Waals surface area (Å²) in [5, 5.41) is 7.77. The van der Waals surface area contributed by atoms with Gasteiger partial charge in [-0.2, -0.15) is 5.10 Å². The molecule has 0 aliphatic heterocycles. The summed E-state index contributed by atoms with van der Waals surface area (Å²) in [6, 6.07) is 9.44. The van der Waals surface area contributed by atoms with Crippen molar-refractivity contribution in [3.63, 3.8) is 0 Å². The molecule has 1 aromatic carbocycles. The molecule has 0 aliphatic rings. The van der Waals surface area contributed by atoms with Crippen LogP contribution in [0.5, 0.6) is 5.75 Å². The van der Waals surface area contributed by atoms with E-state index in [1.165, 1.54) is 0 Å². The predicted molar refractivity (Wildman–Crippen MR) is 138 cm³/mol. The number of carbonyl (C=O) groups is 2. The van der Waals surface area contributed by atoms with E-state index in [1.807, 2.05) is 30.3 Å². The second kappa shape index (κ2) is 12.6. The molecule has 1 aromatic heterocycles. The van der Waals surface area contributed by atoms with Crippen LogP contribution in [0.3, 0.4) is 0 Å². The summed E-state index contributed by atoms with van der Waals surface area (Å²) in [7, 11) is 1.63. The number of anilines is 1. The number of nitrogens with one attached hydrogen (secondary N) is 1. The van der Waals surface area contributed by atoms with E-state index in [0.29, 0.717) is 24.7 Å². The third-order valence-electron chi connectivity index (χ3n) is 5.72. The highest BCUT2D eigenvalue weighted by Gasteiger charge is 2.23. The average Bonchev–Trinajstić information content (AvgIpc) is 3.20. The third-order valence-corrected chi connectivity index (χ3v) is 5.72. The van der Waals surface area contributed by atoms with Crippen LogP contribution in [0, 0.1) is 5.92 Å². The van der Waals surface area contributed by atoms with Crippen LogP contribution in [0.4, 0.5) is 5.82 Å². The monoisotopic (exact) mass is 470 g/mol. The first-order chi connectivity index (χ1) is 16.0. The van der Waals surface area contributed by atoms with Crippen LogP contribution in [0.1, 0.15) is 79.3 Å². The number of benzene rings is 1. The van der Waals surface area contributed by atoms with E-state index in [0.717, 1.165) is 42.8 Å². The molecule has 0 aliphatic carbocycles. The smallest absolute Gasteiger partial charge is 0.245 e. The van der Waals surface area contributed by atoms with Gasteiger partial charge in [0.15, 0.2) is 0 Å². The van der Waals surface area contributed by atoms with E-state index in [-0.39, 0.29) is 23.8 Å². The fourth-order valence-electron chi connectivity index (χ4n) is 3.50. The third kappa shape index (κ3) is 8.19. The highest BCUT2D eigenvalue weighted by molar-refractivity contribution is 5.94. The molecule has 0 spiro atoms. The van der Waals surface area contributed by atoms with Gasteiger partial charge in [-0.3, -0.25) is 9.59 Å².